The van der Waals surface area contributed by atoms with E-state index in [4.69, 9.17) is 9.47 Å². The number of methoxy groups -OCH3 is 1. The van der Waals surface area contributed by atoms with E-state index in [0.717, 1.165) is 17.0 Å². The van der Waals surface area contributed by atoms with Crippen molar-refractivity contribution in [2.45, 2.75) is 26.7 Å². The minimum Gasteiger partial charge on any atom is -0.493 e. The summed E-state index contributed by atoms with van der Waals surface area (Å²) in [6.07, 6.45) is 7.65. The summed E-state index contributed by atoms with van der Waals surface area (Å²) in [5, 5.41) is 9.70. The average Bonchev–Trinajstić information content (AvgIpc) is 3.49. The number of nitriles is 1. The minimum absolute atomic E-state index is 0.459. The summed E-state index contributed by atoms with van der Waals surface area (Å²) in [6.45, 7) is 4.40. The maximum atomic E-state index is 10.9. The minimum atomic E-state index is 0.459. The Morgan fingerprint density at radius 3 is 2.52 bits per heavy atom. The van der Waals surface area contributed by atoms with E-state index in [1.807, 2.05) is 42.9 Å². The zero-order chi connectivity index (χ0) is 19.4. The topological polar surface area (TPSA) is 62.6 Å². The highest BCUT2D eigenvalue weighted by Gasteiger charge is 2.23. The van der Waals surface area contributed by atoms with Crippen molar-refractivity contribution in [3.63, 3.8) is 0 Å². The summed E-state index contributed by atoms with van der Waals surface area (Å²) >= 11 is 0. The molecule has 1 aliphatic carbocycles. The third-order valence-corrected chi connectivity index (χ3v) is 4.57. The molecule has 1 aromatic carbocycles. The number of hydrogen-bond acceptors (Lipinski definition) is 5. The number of ether oxygens (including phenoxy) is 2. The number of nitrogens with zero attached hydrogens (tertiary/aromatic N) is 2. The Kier molecular flexibility index (Phi) is 5.49. The Balaban J connectivity index is 1.91. The standard InChI is InChI=1S/C22H22N2O3/c1-15-8-19(13-25)9-16(2)24(15)20(12-23)10-18-6-7-21(26-3)22(11-18)27-14-17-4-5-17/h6-11,17H,4-5,14H2,1-3H3/b20-10-. The molecule has 1 saturated carbocycles. The fourth-order valence-corrected chi connectivity index (χ4v) is 3.03. The largest absolute Gasteiger partial charge is 0.493 e. The zero-order valence-corrected chi connectivity index (χ0v) is 15.8. The van der Waals surface area contributed by atoms with Gasteiger partial charge in [0.25, 0.3) is 0 Å². The molecule has 0 bridgehead atoms. The summed E-state index contributed by atoms with van der Waals surface area (Å²) in [7, 11) is 1.61. The SMILES string of the molecule is COc1ccc(/C=C(/C#N)N2C(C)=CC(=C=O)C=C2C)cc1OCC1CC1. The van der Waals surface area contributed by atoms with Crippen molar-refractivity contribution in [3.05, 3.63) is 58.6 Å². The number of hydrogen-bond donors (Lipinski definition) is 0. The predicted molar refractivity (Wildman–Crippen MR) is 103 cm³/mol. The summed E-state index contributed by atoms with van der Waals surface area (Å²) in [4.78, 5) is 12.7. The lowest BCUT2D eigenvalue weighted by molar-refractivity contribution is 0.280. The van der Waals surface area contributed by atoms with Crippen LogP contribution in [0.5, 0.6) is 11.5 Å². The van der Waals surface area contributed by atoms with Gasteiger partial charge in [-0.25, -0.2) is 4.79 Å². The highest BCUT2D eigenvalue weighted by molar-refractivity contribution is 5.66. The monoisotopic (exact) mass is 362 g/mol. The van der Waals surface area contributed by atoms with E-state index in [1.165, 1.54) is 12.8 Å². The second-order valence-corrected chi connectivity index (χ2v) is 6.77. The lowest BCUT2D eigenvalue weighted by Gasteiger charge is -2.28. The molecule has 0 spiro atoms. The lowest BCUT2D eigenvalue weighted by Crippen LogP contribution is -2.21. The average molecular weight is 362 g/mol. The zero-order valence-electron chi connectivity index (χ0n) is 15.8. The van der Waals surface area contributed by atoms with Gasteiger partial charge in [-0.05, 0) is 68.5 Å². The Morgan fingerprint density at radius 1 is 1.26 bits per heavy atom. The van der Waals surface area contributed by atoms with Gasteiger partial charge in [0.2, 0.25) is 0 Å². The Hall–Kier alpha value is -3.22. The van der Waals surface area contributed by atoms with Crippen LogP contribution in [0.3, 0.4) is 0 Å². The van der Waals surface area contributed by atoms with E-state index in [2.05, 4.69) is 6.07 Å². The lowest BCUT2D eigenvalue weighted by atomic mass is 10.1. The smallest absolute Gasteiger partial charge is 0.161 e. The molecule has 0 unspecified atom stereocenters. The highest BCUT2D eigenvalue weighted by Crippen LogP contribution is 2.34. The van der Waals surface area contributed by atoms with E-state index >= 15 is 0 Å². The second-order valence-electron chi connectivity index (χ2n) is 6.77. The first-order chi connectivity index (χ1) is 13.0. The van der Waals surface area contributed by atoms with Crippen LogP contribution in [0.2, 0.25) is 0 Å². The van der Waals surface area contributed by atoms with Crippen LogP contribution in [0.15, 0.2) is 53.0 Å². The molecule has 1 heterocycles. The molecule has 0 aromatic heterocycles. The van der Waals surface area contributed by atoms with Crippen LogP contribution in [0.4, 0.5) is 0 Å². The van der Waals surface area contributed by atoms with Gasteiger partial charge in [-0.15, -0.1) is 0 Å². The summed E-state index contributed by atoms with van der Waals surface area (Å²) < 4.78 is 11.3. The number of carbonyl (C=O) groups excluding carboxylic acids is 1. The molecule has 3 rings (SSSR count). The van der Waals surface area contributed by atoms with E-state index in [1.54, 1.807) is 25.3 Å². The number of rotatable bonds is 6. The van der Waals surface area contributed by atoms with Crippen molar-refractivity contribution < 1.29 is 14.3 Å². The molecular formula is C22H22N2O3. The quantitative estimate of drug-likeness (QED) is 0.560. The van der Waals surface area contributed by atoms with E-state index in [-0.39, 0.29) is 0 Å². The van der Waals surface area contributed by atoms with Crippen molar-refractivity contribution in [1.29, 1.82) is 5.26 Å². The normalized spacial score (nSPS) is 16.9. The molecule has 1 aliphatic heterocycles. The molecule has 0 amide bonds. The maximum absolute atomic E-state index is 10.9. The number of allylic oxidation sites excluding steroid dienone is 6. The third kappa shape index (κ3) is 4.31. The van der Waals surface area contributed by atoms with Gasteiger partial charge in [0, 0.05) is 11.4 Å². The first kappa shape index (κ1) is 18.6. The van der Waals surface area contributed by atoms with Crippen molar-refractivity contribution >= 4 is 12.0 Å². The highest BCUT2D eigenvalue weighted by atomic mass is 16.5. The summed E-state index contributed by atoms with van der Waals surface area (Å²) in [5.41, 5.74) is 3.36. The maximum Gasteiger partial charge on any atom is 0.161 e. The van der Waals surface area contributed by atoms with Crippen molar-refractivity contribution in [1.82, 2.24) is 4.90 Å². The van der Waals surface area contributed by atoms with Gasteiger partial charge in [-0.2, -0.15) is 5.26 Å². The summed E-state index contributed by atoms with van der Waals surface area (Å²) in [6, 6.07) is 7.87. The molecule has 27 heavy (non-hydrogen) atoms. The summed E-state index contributed by atoms with van der Waals surface area (Å²) in [5.74, 6) is 3.89. The van der Waals surface area contributed by atoms with E-state index in [0.29, 0.717) is 35.3 Å². The van der Waals surface area contributed by atoms with Crippen LogP contribution >= 0.6 is 0 Å². The van der Waals surface area contributed by atoms with E-state index in [9.17, 15) is 10.1 Å². The molecule has 0 atom stereocenters. The van der Waals surface area contributed by atoms with Crippen LogP contribution in [-0.2, 0) is 4.79 Å². The molecule has 0 N–H and O–H groups in total. The van der Waals surface area contributed by atoms with Crippen LogP contribution < -0.4 is 9.47 Å². The van der Waals surface area contributed by atoms with Gasteiger partial charge in [0.1, 0.15) is 17.7 Å². The molecule has 0 saturated heterocycles. The van der Waals surface area contributed by atoms with Gasteiger partial charge in [0.15, 0.2) is 11.5 Å². The fraction of sp³-hybridized carbons (Fsp3) is 0.318. The van der Waals surface area contributed by atoms with Gasteiger partial charge in [-0.3, -0.25) is 0 Å². The van der Waals surface area contributed by atoms with E-state index < -0.39 is 0 Å². The predicted octanol–water partition coefficient (Wildman–Crippen LogP) is 4.23. The molecule has 5 nitrogen and oxygen atoms in total. The first-order valence-corrected chi connectivity index (χ1v) is 8.90. The Labute approximate surface area is 159 Å². The molecular weight excluding hydrogens is 340 g/mol. The van der Waals surface area contributed by atoms with Gasteiger partial charge in [-0.1, -0.05) is 6.07 Å². The Morgan fingerprint density at radius 2 is 1.96 bits per heavy atom. The third-order valence-electron chi connectivity index (χ3n) is 4.57. The molecule has 1 aromatic rings. The first-order valence-electron chi connectivity index (χ1n) is 8.90. The fourth-order valence-electron chi connectivity index (χ4n) is 3.03. The van der Waals surface area contributed by atoms with Crippen LogP contribution in [0, 0.1) is 17.2 Å². The second kappa shape index (κ2) is 7.99. The molecule has 0 radical (unpaired) electrons. The van der Waals surface area contributed by atoms with Gasteiger partial charge >= 0.3 is 0 Å². The van der Waals surface area contributed by atoms with Crippen LogP contribution in [0.1, 0.15) is 32.3 Å². The Bertz CT molecular complexity index is 901. The van der Waals surface area contributed by atoms with Crippen LogP contribution in [0.25, 0.3) is 6.08 Å². The van der Waals surface area contributed by atoms with Crippen molar-refractivity contribution in [3.8, 4) is 17.6 Å². The van der Waals surface area contributed by atoms with Crippen molar-refractivity contribution in [2.24, 2.45) is 5.92 Å². The number of benzene rings is 1. The van der Waals surface area contributed by atoms with Gasteiger partial charge in [0.05, 0.1) is 19.3 Å². The van der Waals surface area contributed by atoms with Crippen LogP contribution in [-0.4, -0.2) is 24.6 Å². The molecule has 138 valence electrons. The van der Waals surface area contributed by atoms with Crippen molar-refractivity contribution in [2.75, 3.05) is 13.7 Å². The van der Waals surface area contributed by atoms with Gasteiger partial charge < -0.3 is 14.4 Å². The molecule has 5 heteroatoms. The molecule has 2 aliphatic rings. The molecule has 1 fully saturated rings.